The van der Waals surface area contributed by atoms with Crippen molar-refractivity contribution in [3.63, 3.8) is 0 Å². The first-order chi connectivity index (χ1) is 15.8. The molecule has 0 spiro atoms. The Hall–Kier alpha value is -0.357. The van der Waals surface area contributed by atoms with Crippen LogP contribution in [0.25, 0.3) is 0 Å². The molecule has 2 aliphatic rings. The predicted molar refractivity (Wildman–Crippen MR) is 132 cm³/mol. The Bertz CT molecular complexity index is 1270. The maximum absolute atomic E-state index is 12.4. The first-order valence-electron chi connectivity index (χ1n) is 10.1. The van der Waals surface area contributed by atoms with Crippen LogP contribution in [-0.2, 0) is 9.59 Å². The zero-order valence-corrected chi connectivity index (χ0v) is 18.1. The number of hydrogen-bond donors (Lipinski definition) is 3. The van der Waals surface area contributed by atoms with Crippen molar-refractivity contribution in [2.24, 2.45) is 0 Å². The van der Waals surface area contributed by atoms with Gasteiger partial charge in [0.2, 0.25) is 5.91 Å². The summed E-state index contributed by atoms with van der Waals surface area (Å²) in [6.45, 7) is 0. The first kappa shape index (κ1) is 30.9. The minimum absolute atomic E-state index is 0. The first-order valence-corrected chi connectivity index (χ1v) is 10.9. The molecule has 0 aliphatic carbocycles. The van der Waals surface area contributed by atoms with E-state index >= 15 is 0 Å². The second kappa shape index (κ2) is 12.9. The van der Waals surface area contributed by atoms with Crippen LogP contribution < -0.4 is 0 Å². The van der Waals surface area contributed by atoms with Crippen LogP contribution in [0.5, 0.6) is 0 Å². The maximum atomic E-state index is 12.4. The molecule has 3 N–H and O–H groups in total. The summed E-state index contributed by atoms with van der Waals surface area (Å²) >= 11 is 1.17. The van der Waals surface area contributed by atoms with E-state index in [0.717, 1.165) is 0 Å². The summed E-state index contributed by atoms with van der Waals surface area (Å²) in [4.78, 5) is 25.0. The Morgan fingerprint density at radius 1 is 1.03 bits per heavy atom. The molecule has 1 saturated heterocycles. The quantitative estimate of drug-likeness (QED) is 0.354. The van der Waals surface area contributed by atoms with Crippen molar-refractivity contribution in [3.05, 3.63) is 81.4 Å². The SMILES string of the molecule is N#Cc1cccc([C@@H](O)CC2=C(C(=O)O)N3C(=O)CC3(C[C@H](O)c3cccc(C#N)c3)S2)c1.[KH].[KH]. The average molecular weight is 542 g/mol. The van der Waals surface area contributed by atoms with Crippen LogP contribution in [-0.4, -0.2) is 140 Å². The Morgan fingerprint density at radius 3 is 2.06 bits per heavy atom. The molecule has 2 heterocycles. The van der Waals surface area contributed by atoms with Crippen molar-refractivity contribution in [2.75, 3.05) is 0 Å². The number of carboxylic acid groups (broad SMARTS) is 1. The Labute approximate surface area is 291 Å². The number of β-lactam (4-membered cyclic amide) rings is 1. The molecule has 11 heteroatoms. The molecule has 4 rings (SSSR count). The van der Waals surface area contributed by atoms with Crippen molar-refractivity contribution >= 4 is 126 Å². The number of aliphatic hydroxyl groups excluding tert-OH is 2. The van der Waals surface area contributed by atoms with Crippen LogP contribution in [0, 0.1) is 22.7 Å². The minimum atomic E-state index is -1.29. The molecule has 1 amide bonds. The molecule has 170 valence electrons. The summed E-state index contributed by atoms with van der Waals surface area (Å²) < 4.78 is 0. The molecule has 1 unspecified atom stereocenters. The normalized spacial score (nSPS) is 19.8. The van der Waals surface area contributed by atoms with Crippen LogP contribution in [0.4, 0.5) is 0 Å². The van der Waals surface area contributed by atoms with Gasteiger partial charge in [0.25, 0.3) is 0 Å². The van der Waals surface area contributed by atoms with E-state index in [2.05, 4.69) is 0 Å². The van der Waals surface area contributed by atoms with Crippen LogP contribution in [0.2, 0.25) is 0 Å². The van der Waals surface area contributed by atoms with Gasteiger partial charge in [-0.3, -0.25) is 9.69 Å². The van der Waals surface area contributed by atoms with Crippen molar-refractivity contribution in [1.82, 2.24) is 4.90 Å². The molecular weight excluding hydrogens is 521 g/mol. The van der Waals surface area contributed by atoms with Gasteiger partial charge < -0.3 is 15.3 Å². The molecule has 1 fully saturated rings. The zero-order valence-electron chi connectivity index (χ0n) is 17.3. The Balaban J connectivity index is 0.00000216. The third-order valence-corrected chi connectivity index (χ3v) is 7.26. The summed E-state index contributed by atoms with van der Waals surface area (Å²) in [5.41, 5.74) is 1.54. The van der Waals surface area contributed by atoms with Crippen molar-refractivity contribution in [2.45, 2.75) is 36.3 Å². The number of hydrogen-bond acceptors (Lipinski definition) is 7. The second-order valence-corrected chi connectivity index (χ2v) is 9.40. The Morgan fingerprint density at radius 2 is 1.57 bits per heavy atom. The number of fused-ring (bicyclic) bond motifs is 1. The van der Waals surface area contributed by atoms with Gasteiger partial charge in [-0.1, -0.05) is 36.0 Å². The number of nitriles is 2. The van der Waals surface area contributed by atoms with E-state index in [4.69, 9.17) is 10.5 Å². The number of aliphatic hydroxyl groups is 2. The third-order valence-electron chi connectivity index (χ3n) is 5.78. The van der Waals surface area contributed by atoms with Gasteiger partial charge >= 0.3 is 109 Å². The van der Waals surface area contributed by atoms with Gasteiger partial charge in [-0.05, 0) is 35.4 Å². The van der Waals surface area contributed by atoms with Gasteiger partial charge in [0.05, 0.1) is 41.9 Å². The molecule has 2 aromatic carbocycles. The zero-order chi connectivity index (χ0) is 23.8. The number of carbonyl (C=O) groups is 2. The van der Waals surface area contributed by atoms with Crippen LogP contribution >= 0.6 is 11.8 Å². The Kier molecular flexibility index (Phi) is 11.4. The van der Waals surface area contributed by atoms with Crippen LogP contribution in [0.15, 0.2) is 59.1 Å². The van der Waals surface area contributed by atoms with Crippen molar-refractivity contribution < 1.29 is 24.9 Å². The number of rotatable bonds is 7. The van der Waals surface area contributed by atoms with Gasteiger partial charge in [0.15, 0.2) is 0 Å². The number of carbonyl (C=O) groups excluding carboxylic acids is 1. The fourth-order valence-electron chi connectivity index (χ4n) is 4.25. The van der Waals surface area contributed by atoms with E-state index in [-0.39, 0.29) is 134 Å². The van der Waals surface area contributed by atoms with E-state index in [1.807, 2.05) is 12.1 Å². The summed E-state index contributed by atoms with van der Waals surface area (Å²) in [5.74, 6) is -1.65. The molecular formula is C24H21K2N3O5S. The molecule has 0 radical (unpaired) electrons. The van der Waals surface area contributed by atoms with E-state index in [9.17, 15) is 24.9 Å². The van der Waals surface area contributed by atoms with Gasteiger partial charge in [-0.2, -0.15) is 10.5 Å². The number of carboxylic acids is 1. The van der Waals surface area contributed by atoms with Crippen LogP contribution in [0.3, 0.4) is 0 Å². The molecule has 0 saturated carbocycles. The summed E-state index contributed by atoms with van der Waals surface area (Å²) in [6, 6.07) is 16.9. The van der Waals surface area contributed by atoms with Gasteiger partial charge in [-0.25, -0.2) is 4.79 Å². The third kappa shape index (κ3) is 6.38. The second-order valence-electron chi connectivity index (χ2n) is 7.95. The molecule has 0 bridgehead atoms. The van der Waals surface area contributed by atoms with E-state index in [1.54, 1.807) is 42.5 Å². The molecule has 3 atom stereocenters. The molecule has 8 nitrogen and oxygen atoms in total. The van der Waals surface area contributed by atoms with Gasteiger partial charge in [0, 0.05) is 17.7 Å². The predicted octanol–water partition coefficient (Wildman–Crippen LogP) is 1.65. The van der Waals surface area contributed by atoms with Crippen LogP contribution in [0.1, 0.15) is 53.7 Å². The molecule has 35 heavy (non-hydrogen) atoms. The fraction of sp³-hybridized carbons (Fsp3) is 0.250. The van der Waals surface area contributed by atoms with E-state index < -0.39 is 23.0 Å². The summed E-state index contributed by atoms with van der Waals surface area (Å²) in [6.07, 6.45) is -2.02. The van der Waals surface area contributed by atoms with Crippen molar-refractivity contribution in [3.8, 4) is 12.1 Å². The monoisotopic (exact) mass is 541 g/mol. The van der Waals surface area contributed by atoms with Gasteiger partial charge in [-0.15, -0.1) is 0 Å². The van der Waals surface area contributed by atoms with E-state index in [1.165, 1.54) is 22.7 Å². The topological polar surface area (TPSA) is 146 Å². The van der Waals surface area contributed by atoms with E-state index in [0.29, 0.717) is 27.2 Å². The molecule has 2 aromatic rings. The van der Waals surface area contributed by atoms with Crippen molar-refractivity contribution in [1.29, 1.82) is 10.5 Å². The summed E-state index contributed by atoms with van der Waals surface area (Å²) in [7, 11) is 0. The molecule has 2 aliphatic heterocycles. The number of nitrogens with zero attached hydrogens (tertiary/aromatic N) is 3. The van der Waals surface area contributed by atoms with Gasteiger partial charge in [0.1, 0.15) is 10.6 Å². The standard InChI is InChI=1S/C24H19N3O5S.2K.2H/c25-12-14-3-1-5-16(7-14)18(28)9-20-22(23(31)32)27-21(30)11-24(27,33-20)10-19(29)17-6-2-4-15(8-17)13-26;;;;/h1-8,18-19,28-29H,9-11H2,(H,31,32);;;;/t18-,19-,24?;;;;/m0..../s1. The number of amides is 1. The number of thioether (sulfide) groups is 1. The summed E-state index contributed by atoms with van der Waals surface area (Å²) in [5, 5.41) is 49.6. The molecule has 0 aromatic heterocycles. The fourth-order valence-corrected chi connectivity index (χ4v) is 5.94. The average Bonchev–Trinajstić information content (AvgIpc) is 3.06. The number of aliphatic carboxylic acids is 1. The number of benzene rings is 2.